The Hall–Kier alpha value is -2.51. The predicted octanol–water partition coefficient (Wildman–Crippen LogP) is 2.48. The Bertz CT molecular complexity index is 897. The molecule has 1 aromatic heterocycles. The fourth-order valence-corrected chi connectivity index (χ4v) is 4.74. The van der Waals surface area contributed by atoms with Crippen LogP contribution in [0.2, 0.25) is 0 Å². The van der Waals surface area contributed by atoms with Crippen molar-refractivity contribution < 1.29 is 9.90 Å². The zero-order valence-corrected chi connectivity index (χ0v) is 18.6. The molecule has 2 fully saturated rings. The summed E-state index contributed by atoms with van der Waals surface area (Å²) in [5.41, 5.74) is 1.84. The molecule has 0 unspecified atom stereocenters. The molecule has 2 aliphatic rings. The third-order valence-corrected chi connectivity index (χ3v) is 6.35. The van der Waals surface area contributed by atoms with E-state index >= 15 is 0 Å². The molecule has 3 heterocycles. The Morgan fingerprint density at radius 1 is 1.13 bits per heavy atom. The number of β-amino-alcohol motifs (C(OH)–C–C–N with tert-alkyl or cyclic N) is 1. The number of hydrogen-bond donors (Lipinski definition) is 1. The number of nitrogens with zero attached hydrogens (tertiary/aromatic N) is 5. The summed E-state index contributed by atoms with van der Waals surface area (Å²) in [6, 6.07) is 9.85. The lowest BCUT2D eigenvalue weighted by Crippen LogP contribution is -2.54. The standard InChI is InChI=1S/C24H33N5O2/c1-19-14-22(26-18-25-19)29-13-5-10-24(31,17-29)16-27(2)23(30)21-8-6-20(7-9-21)15-28-11-3-4-12-28/h6-9,14,18,31H,3-5,10-13,15-17H2,1-2H3/t24-/m1/s1. The molecule has 2 aliphatic heterocycles. The number of rotatable bonds is 6. The van der Waals surface area contributed by atoms with Gasteiger partial charge in [0.2, 0.25) is 0 Å². The second-order valence-electron chi connectivity index (χ2n) is 9.11. The quantitative estimate of drug-likeness (QED) is 0.770. The number of hydrogen-bond acceptors (Lipinski definition) is 6. The van der Waals surface area contributed by atoms with Crippen LogP contribution in [0.1, 0.15) is 47.3 Å². The van der Waals surface area contributed by atoms with Gasteiger partial charge in [-0.25, -0.2) is 9.97 Å². The molecule has 0 radical (unpaired) electrons. The van der Waals surface area contributed by atoms with Crippen molar-refractivity contribution in [1.82, 2.24) is 19.8 Å². The van der Waals surface area contributed by atoms with E-state index in [4.69, 9.17) is 0 Å². The SMILES string of the molecule is Cc1cc(N2CCC[C@@](O)(CN(C)C(=O)c3ccc(CN4CCCC4)cc3)C2)ncn1. The summed E-state index contributed by atoms with van der Waals surface area (Å²) in [5, 5.41) is 11.3. The van der Waals surface area contributed by atoms with E-state index in [1.807, 2.05) is 37.3 Å². The number of carbonyl (C=O) groups is 1. The van der Waals surface area contributed by atoms with Crippen LogP contribution in [0.5, 0.6) is 0 Å². The molecule has 1 amide bonds. The van der Waals surface area contributed by atoms with E-state index in [1.54, 1.807) is 18.3 Å². The molecule has 4 rings (SSSR count). The number of likely N-dealkylation sites (N-methyl/N-ethyl adjacent to an activating group) is 1. The minimum absolute atomic E-state index is 0.0591. The minimum atomic E-state index is -0.961. The highest BCUT2D eigenvalue weighted by atomic mass is 16.3. The van der Waals surface area contributed by atoms with Crippen LogP contribution in [-0.4, -0.2) is 76.2 Å². The molecule has 0 saturated carbocycles. The minimum Gasteiger partial charge on any atom is -0.386 e. The van der Waals surface area contributed by atoms with Crippen LogP contribution in [-0.2, 0) is 6.54 Å². The van der Waals surface area contributed by atoms with Crippen LogP contribution in [0, 0.1) is 6.92 Å². The van der Waals surface area contributed by atoms with Crippen LogP contribution in [0.4, 0.5) is 5.82 Å². The van der Waals surface area contributed by atoms with Crippen molar-refractivity contribution in [2.24, 2.45) is 0 Å². The average molecular weight is 424 g/mol. The summed E-state index contributed by atoms with van der Waals surface area (Å²) in [4.78, 5) is 27.7. The van der Waals surface area contributed by atoms with Crippen molar-refractivity contribution in [2.45, 2.75) is 44.8 Å². The first-order valence-corrected chi connectivity index (χ1v) is 11.2. The first kappa shape index (κ1) is 21.7. The van der Waals surface area contributed by atoms with E-state index in [9.17, 15) is 9.90 Å². The third-order valence-electron chi connectivity index (χ3n) is 6.35. The van der Waals surface area contributed by atoms with Gasteiger partial charge >= 0.3 is 0 Å². The topological polar surface area (TPSA) is 72.8 Å². The highest BCUT2D eigenvalue weighted by molar-refractivity contribution is 5.94. The number of piperidine rings is 1. The summed E-state index contributed by atoms with van der Waals surface area (Å²) >= 11 is 0. The van der Waals surface area contributed by atoms with Gasteiger partial charge in [0.25, 0.3) is 5.91 Å². The van der Waals surface area contributed by atoms with Crippen LogP contribution in [0.15, 0.2) is 36.7 Å². The number of aliphatic hydroxyl groups is 1. The molecule has 0 bridgehead atoms. The van der Waals surface area contributed by atoms with E-state index in [-0.39, 0.29) is 5.91 Å². The zero-order chi connectivity index (χ0) is 21.8. The zero-order valence-electron chi connectivity index (χ0n) is 18.6. The second-order valence-corrected chi connectivity index (χ2v) is 9.11. The first-order valence-electron chi connectivity index (χ1n) is 11.2. The van der Waals surface area contributed by atoms with Gasteiger partial charge in [-0.1, -0.05) is 12.1 Å². The fourth-order valence-electron chi connectivity index (χ4n) is 4.74. The van der Waals surface area contributed by atoms with Crippen LogP contribution in [0.25, 0.3) is 0 Å². The third kappa shape index (κ3) is 5.40. The Kier molecular flexibility index (Phi) is 6.53. The maximum absolute atomic E-state index is 13.0. The second kappa shape index (κ2) is 9.32. The van der Waals surface area contributed by atoms with Crippen molar-refractivity contribution in [1.29, 1.82) is 0 Å². The highest BCUT2D eigenvalue weighted by Gasteiger charge is 2.36. The maximum atomic E-state index is 13.0. The highest BCUT2D eigenvalue weighted by Crippen LogP contribution is 2.26. The fraction of sp³-hybridized carbons (Fsp3) is 0.542. The number of carbonyl (C=O) groups excluding carboxylic acids is 1. The maximum Gasteiger partial charge on any atom is 0.253 e. The lowest BCUT2D eigenvalue weighted by Gasteiger charge is -2.41. The number of benzene rings is 1. The van der Waals surface area contributed by atoms with Gasteiger partial charge in [-0.3, -0.25) is 9.69 Å². The smallest absolute Gasteiger partial charge is 0.253 e. The van der Waals surface area contributed by atoms with Crippen molar-refractivity contribution in [3.05, 3.63) is 53.5 Å². The van der Waals surface area contributed by atoms with Crippen LogP contribution < -0.4 is 4.90 Å². The van der Waals surface area contributed by atoms with Gasteiger partial charge in [-0.15, -0.1) is 0 Å². The molecule has 2 aromatic rings. The number of aromatic nitrogens is 2. The molecule has 7 heteroatoms. The van der Waals surface area contributed by atoms with Gasteiger partial charge in [-0.05, 0) is 63.4 Å². The van der Waals surface area contributed by atoms with E-state index < -0.39 is 5.60 Å². The molecule has 1 N–H and O–H groups in total. The first-order chi connectivity index (χ1) is 14.9. The molecule has 31 heavy (non-hydrogen) atoms. The Labute approximate surface area is 184 Å². The number of likely N-dealkylation sites (tertiary alicyclic amines) is 1. The molecule has 1 aromatic carbocycles. The summed E-state index contributed by atoms with van der Waals surface area (Å²) < 4.78 is 0. The summed E-state index contributed by atoms with van der Waals surface area (Å²) in [6.45, 7) is 6.79. The summed E-state index contributed by atoms with van der Waals surface area (Å²) in [7, 11) is 1.77. The normalized spacial score (nSPS) is 22.0. The van der Waals surface area contributed by atoms with Gasteiger partial charge in [0.15, 0.2) is 0 Å². The lowest BCUT2D eigenvalue weighted by molar-refractivity contribution is -0.000141. The number of anilines is 1. The number of amides is 1. The van der Waals surface area contributed by atoms with Crippen LogP contribution in [0.3, 0.4) is 0 Å². The van der Waals surface area contributed by atoms with Crippen molar-refractivity contribution in [2.75, 3.05) is 44.7 Å². The molecule has 7 nitrogen and oxygen atoms in total. The van der Waals surface area contributed by atoms with E-state index in [0.717, 1.165) is 44.1 Å². The summed E-state index contributed by atoms with van der Waals surface area (Å²) in [6.07, 6.45) is 5.63. The summed E-state index contributed by atoms with van der Waals surface area (Å²) in [5.74, 6) is 0.768. The van der Waals surface area contributed by atoms with E-state index in [2.05, 4.69) is 19.8 Å². The molecule has 2 saturated heterocycles. The molecule has 1 atom stereocenters. The largest absolute Gasteiger partial charge is 0.386 e. The molecule has 0 spiro atoms. The van der Waals surface area contributed by atoms with Gasteiger partial charge in [0.05, 0.1) is 12.1 Å². The van der Waals surface area contributed by atoms with Crippen molar-refractivity contribution in [3.63, 3.8) is 0 Å². The Balaban J connectivity index is 1.37. The van der Waals surface area contributed by atoms with Gasteiger partial charge in [-0.2, -0.15) is 0 Å². The number of aryl methyl sites for hydroxylation is 1. The van der Waals surface area contributed by atoms with E-state index in [0.29, 0.717) is 25.1 Å². The predicted molar refractivity (Wildman–Crippen MR) is 121 cm³/mol. The van der Waals surface area contributed by atoms with Crippen molar-refractivity contribution >= 4 is 11.7 Å². The molecule has 0 aliphatic carbocycles. The average Bonchev–Trinajstić information content (AvgIpc) is 3.26. The van der Waals surface area contributed by atoms with Gasteiger partial charge in [0, 0.05) is 44.0 Å². The van der Waals surface area contributed by atoms with Gasteiger partial charge < -0.3 is 14.9 Å². The van der Waals surface area contributed by atoms with Crippen LogP contribution >= 0.6 is 0 Å². The van der Waals surface area contributed by atoms with Gasteiger partial charge in [0.1, 0.15) is 12.1 Å². The Morgan fingerprint density at radius 2 is 1.87 bits per heavy atom. The Morgan fingerprint density at radius 3 is 2.58 bits per heavy atom. The monoisotopic (exact) mass is 423 g/mol. The van der Waals surface area contributed by atoms with Crippen molar-refractivity contribution in [3.8, 4) is 0 Å². The lowest BCUT2D eigenvalue weighted by atomic mass is 9.92. The molecule has 166 valence electrons. The molecular formula is C24H33N5O2. The van der Waals surface area contributed by atoms with E-state index in [1.165, 1.54) is 18.4 Å². The molecular weight excluding hydrogens is 390 g/mol.